The summed E-state index contributed by atoms with van der Waals surface area (Å²) in [5.41, 5.74) is 7.15. The van der Waals surface area contributed by atoms with Crippen molar-refractivity contribution in [1.82, 2.24) is 14.4 Å². The molecule has 1 saturated heterocycles. The fourth-order valence-corrected chi connectivity index (χ4v) is 6.08. The van der Waals surface area contributed by atoms with Crippen LogP contribution in [0.15, 0.2) is 91.5 Å². The minimum Gasteiger partial charge on any atom is -0.496 e. The Morgan fingerprint density at radius 1 is 0.857 bits per heavy atom. The van der Waals surface area contributed by atoms with Gasteiger partial charge in [0, 0.05) is 55.2 Å². The summed E-state index contributed by atoms with van der Waals surface area (Å²) in [4.78, 5) is 33.9. The molecule has 7 nitrogen and oxygen atoms in total. The van der Waals surface area contributed by atoms with Gasteiger partial charge in [-0.05, 0) is 60.0 Å². The Morgan fingerprint density at radius 3 is 2.38 bits per heavy atom. The van der Waals surface area contributed by atoms with Crippen molar-refractivity contribution >= 4 is 17.5 Å². The van der Waals surface area contributed by atoms with Crippen LogP contribution in [0.5, 0.6) is 5.75 Å². The van der Waals surface area contributed by atoms with Gasteiger partial charge in [0.15, 0.2) is 0 Å². The maximum atomic E-state index is 14.2. The number of benzene rings is 3. The number of fused-ring (bicyclic) bond motifs is 2. The average molecular weight is 561 g/mol. The molecule has 0 saturated carbocycles. The number of nitrogens with zero attached hydrogens (tertiary/aromatic N) is 4. The van der Waals surface area contributed by atoms with Crippen LogP contribution in [0.4, 0.5) is 5.69 Å². The predicted octanol–water partition coefficient (Wildman–Crippen LogP) is 5.62. The van der Waals surface area contributed by atoms with Crippen molar-refractivity contribution in [2.45, 2.75) is 20.0 Å². The van der Waals surface area contributed by atoms with Gasteiger partial charge < -0.3 is 19.1 Å². The molecule has 0 aliphatic carbocycles. The minimum atomic E-state index is -0.113. The SMILES string of the molecule is C=CCN1CCN(C(=O)c2ccc3n2Cc2ccccc2N(C(=O)c2ccc(-c4ccccc4C)c(OC)c2)C3)CC1. The number of ether oxygens (including phenoxy) is 1. The molecule has 0 unspecified atom stereocenters. The third-order valence-electron chi connectivity index (χ3n) is 8.40. The molecule has 1 aromatic heterocycles. The quantitative estimate of drug-likeness (QED) is 0.287. The Kier molecular flexibility index (Phi) is 7.68. The molecule has 7 heteroatoms. The molecule has 2 aliphatic rings. The monoisotopic (exact) mass is 560 g/mol. The van der Waals surface area contributed by atoms with Crippen molar-refractivity contribution in [1.29, 1.82) is 0 Å². The molecule has 3 heterocycles. The number of anilines is 1. The number of aryl methyl sites for hydroxylation is 1. The molecule has 6 rings (SSSR count). The van der Waals surface area contributed by atoms with Crippen molar-refractivity contribution in [3.63, 3.8) is 0 Å². The summed E-state index contributed by atoms with van der Waals surface area (Å²) in [6.07, 6.45) is 1.91. The molecule has 2 amide bonds. The predicted molar refractivity (Wildman–Crippen MR) is 166 cm³/mol. The van der Waals surface area contributed by atoms with E-state index in [9.17, 15) is 9.59 Å². The second-order valence-electron chi connectivity index (χ2n) is 10.9. The Labute approximate surface area is 247 Å². The Morgan fingerprint density at radius 2 is 1.62 bits per heavy atom. The lowest BCUT2D eigenvalue weighted by molar-refractivity contribution is 0.0639. The highest BCUT2D eigenvalue weighted by molar-refractivity contribution is 6.07. The molecule has 0 atom stereocenters. The maximum Gasteiger partial charge on any atom is 0.270 e. The molecule has 214 valence electrons. The number of amides is 2. The normalized spacial score (nSPS) is 15.0. The number of carbonyl (C=O) groups is 2. The maximum absolute atomic E-state index is 14.2. The van der Waals surface area contributed by atoms with Crippen LogP contribution in [0.1, 0.15) is 37.7 Å². The number of para-hydroxylation sites is 1. The minimum absolute atomic E-state index is 0.0355. The number of aromatic nitrogens is 1. The van der Waals surface area contributed by atoms with Crippen LogP contribution in [-0.4, -0.2) is 66.0 Å². The molecule has 3 aromatic carbocycles. The lowest BCUT2D eigenvalue weighted by atomic mass is 9.98. The van der Waals surface area contributed by atoms with Gasteiger partial charge in [0.1, 0.15) is 11.4 Å². The smallest absolute Gasteiger partial charge is 0.270 e. The molecule has 0 radical (unpaired) electrons. The van der Waals surface area contributed by atoms with E-state index in [0.717, 1.165) is 53.3 Å². The largest absolute Gasteiger partial charge is 0.496 e. The van der Waals surface area contributed by atoms with E-state index >= 15 is 0 Å². The Hall–Kier alpha value is -4.62. The van der Waals surface area contributed by atoms with Crippen LogP contribution in [0.2, 0.25) is 0 Å². The summed E-state index contributed by atoms with van der Waals surface area (Å²) in [6, 6.07) is 25.7. The highest BCUT2D eigenvalue weighted by atomic mass is 16.5. The van der Waals surface area contributed by atoms with Gasteiger partial charge in [0.2, 0.25) is 0 Å². The topological polar surface area (TPSA) is 58.0 Å². The van der Waals surface area contributed by atoms with Crippen LogP contribution in [0.25, 0.3) is 11.1 Å². The van der Waals surface area contributed by atoms with Crippen LogP contribution < -0.4 is 9.64 Å². The summed E-state index contributed by atoms with van der Waals surface area (Å²) in [5, 5.41) is 0. The molecule has 0 bridgehead atoms. The zero-order chi connectivity index (χ0) is 29.2. The summed E-state index contributed by atoms with van der Waals surface area (Å²) in [5.74, 6) is 0.578. The van der Waals surface area contributed by atoms with Gasteiger partial charge in [0.25, 0.3) is 11.8 Å². The molecule has 2 aliphatic heterocycles. The zero-order valence-electron chi connectivity index (χ0n) is 24.3. The first-order valence-corrected chi connectivity index (χ1v) is 14.4. The van der Waals surface area contributed by atoms with E-state index in [2.05, 4.69) is 35.1 Å². The summed E-state index contributed by atoms with van der Waals surface area (Å²) >= 11 is 0. The first-order valence-electron chi connectivity index (χ1n) is 14.4. The van der Waals surface area contributed by atoms with Gasteiger partial charge in [-0.1, -0.05) is 48.5 Å². The average Bonchev–Trinajstić information content (AvgIpc) is 3.33. The Balaban J connectivity index is 1.31. The molecular weight excluding hydrogens is 524 g/mol. The molecule has 0 N–H and O–H groups in total. The van der Waals surface area contributed by atoms with Gasteiger partial charge in [-0.15, -0.1) is 6.58 Å². The fourth-order valence-electron chi connectivity index (χ4n) is 6.08. The summed E-state index contributed by atoms with van der Waals surface area (Å²) in [7, 11) is 1.64. The first kappa shape index (κ1) is 27.5. The molecular formula is C35H36N4O3. The lowest BCUT2D eigenvalue weighted by Gasteiger charge is -2.34. The van der Waals surface area contributed by atoms with E-state index in [-0.39, 0.29) is 11.8 Å². The van der Waals surface area contributed by atoms with Crippen molar-refractivity contribution in [3.05, 3.63) is 120 Å². The highest BCUT2D eigenvalue weighted by Crippen LogP contribution is 2.35. The number of methoxy groups -OCH3 is 1. The van der Waals surface area contributed by atoms with E-state index < -0.39 is 0 Å². The summed E-state index contributed by atoms with van der Waals surface area (Å²) in [6.45, 7) is 10.7. The van der Waals surface area contributed by atoms with Crippen molar-refractivity contribution in [2.24, 2.45) is 0 Å². The number of hydrogen-bond donors (Lipinski definition) is 0. The number of piperazine rings is 1. The second kappa shape index (κ2) is 11.7. The lowest BCUT2D eigenvalue weighted by Crippen LogP contribution is -2.49. The standard InChI is InChI=1S/C35H36N4O3/c1-4-17-36-18-20-37(21-19-36)35(41)32-16-14-28-24-39(31-12-8-6-10-27(31)23-38(28)32)34(40)26-13-15-30(33(22-26)42-3)29-11-7-5-9-25(29)2/h4-16,22H,1,17-21,23-24H2,2-3H3. The molecule has 0 spiro atoms. The van der Waals surface area contributed by atoms with Crippen LogP contribution in [0, 0.1) is 6.92 Å². The number of hydrogen-bond acceptors (Lipinski definition) is 4. The van der Waals surface area contributed by atoms with E-state index in [1.165, 1.54) is 0 Å². The number of carbonyl (C=O) groups excluding carboxylic acids is 2. The van der Waals surface area contributed by atoms with Gasteiger partial charge in [-0.2, -0.15) is 0 Å². The third-order valence-corrected chi connectivity index (χ3v) is 8.40. The Bertz CT molecular complexity index is 1650. The van der Waals surface area contributed by atoms with E-state index in [0.29, 0.717) is 43.2 Å². The molecule has 1 fully saturated rings. The van der Waals surface area contributed by atoms with Gasteiger partial charge in [-0.3, -0.25) is 14.5 Å². The number of rotatable bonds is 6. The van der Waals surface area contributed by atoms with Gasteiger partial charge >= 0.3 is 0 Å². The van der Waals surface area contributed by atoms with Crippen LogP contribution >= 0.6 is 0 Å². The van der Waals surface area contributed by atoms with E-state index in [4.69, 9.17) is 4.74 Å². The van der Waals surface area contributed by atoms with Gasteiger partial charge in [-0.25, -0.2) is 0 Å². The highest BCUT2D eigenvalue weighted by Gasteiger charge is 2.30. The fraction of sp³-hybridized carbons (Fsp3) is 0.257. The first-order chi connectivity index (χ1) is 20.5. The third kappa shape index (κ3) is 5.12. The van der Waals surface area contributed by atoms with Crippen molar-refractivity contribution in [3.8, 4) is 16.9 Å². The molecule has 42 heavy (non-hydrogen) atoms. The van der Waals surface area contributed by atoms with Gasteiger partial charge in [0.05, 0.1) is 20.2 Å². The second-order valence-corrected chi connectivity index (χ2v) is 10.9. The van der Waals surface area contributed by atoms with Crippen molar-refractivity contribution < 1.29 is 14.3 Å². The van der Waals surface area contributed by atoms with E-state index in [1.807, 2.05) is 82.6 Å². The van der Waals surface area contributed by atoms with Crippen LogP contribution in [0.3, 0.4) is 0 Å². The van der Waals surface area contributed by atoms with Crippen molar-refractivity contribution in [2.75, 3.05) is 44.7 Å². The molecule has 4 aromatic rings. The zero-order valence-corrected chi connectivity index (χ0v) is 24.3. The van der Waals surface area contributed by atoms with E-state index in [1.54, 1.807) is 7.11 Å². The summed E-state index contributed by atoms with van der Waals surface area (Å²) < 4.78 is 7.84. The van der Waals surface area contributed by atoms with Crippen LogP contribution in [-0.2, 0) is 13.1 Å².